The third kappa shape index (κ3) is 6.07. The SMILES string of the molecule is Cc1ccc(C(=O)Nc2ccc(N3CCCCCC3)nc2)cc1-c1ccc(OC(F)(F)F)cc1. The van der Waals surface area contributed by atoms with Crippen LogP contribution in [0.1, 0.15) is 41.6 Å². The molecule has 1 amide bonds. The predicted octanol–water partition coefficient (Wildman–Crippen LogP) is 6.59. The van der Waals surface area contributed by atoms with Gasteiger partial charge in [0, 0.05) is 18.7 Å². The van der Waals surface area contributed by atoms with Gasteiger partial charge in [0.1, 0.15) is 11.6 Å². The fourth-order valence-electron chi connectivity index (χ4n) is 4.06. The van der Waals surface area contributed by atoms with Crippen molar-refractivity contribution >= 4 is 17.4 Å². The maximum absolute atomic E-state index is 12.9. The lowest BCUT2D eigenvalue weighted by molar-refractivity contribution is -0.274. The van der Waals surface area contributed by atoms with Gasteiger partial charge in [-0.2, -0.15) is 0 Å². The van der Waals surface area contributed by atoms with Gasteiger partial charge in [0.2, 0.25) is 0 Å². The lowest BCUT2D eigenvalue weighted by Crippen LogP contribution is -2.24. The van der Waals surface area contributed by atoms with Crippen LogP contribution in [0.2, 0.25) is 0 Å². The first-order valence-electron chi connectivity index (χ1n) is 11.3. The van der Waals surface area contributed by atoms with Crippen molar-refractivity contribution in [3.63, 3.8) is 0 Å². The molecule has 3 aromatic rings. The fourth-order valence-corrected chi connectivity index (χ4v) is 4.06. The molecular weight excluding hydrogens is 443 g/mol. The van der Waals surface area contributed by atoms with Crippen LogP contribution in [0.15, 0.2) is 60.8 Å². The van der Waals surface area contributed by atoms with Gasteiger partial charge < -0.3 is 15.0 Å². The monoisotopic (exact) mass is 469 g/mol. The first kappa shape index (κ1) is 23.6. The lowest BCUT2D eigenvalue weighted by Gasteiger charge is -2.21. The summed E-state index contributed by atoms with van der Waals surface area (Å²) in [5.41, 5.74) is 3.36. The summed E-state index contributed by atoms with van der Waals surface area (Å²) in [6, 6.07) is 14.6. The van der Waals surface area contributed by atoms with Gasteiger partial charge in [0.15, 0.2) is 0 Å². The van der Waals surface area contributed by atoms with E-state index in [1.54, 1.807) is 18.3 Å². The Hall–Kier alpha value is -3.55. The third-order valence-corrected chi connectivity index (χ3v) is 5.83. The van der Waals surface area contributed by atoms with Crippen molar-refractivity contribution in [2.24, 2.45) is 0 Å². The Bertz CT molecular complexity index is 1120. The van der Waals surface area contributed by atoms with Crippen molar-refractivity contribution in [2.45, 2.75) is 39.0 Å². The standard InChI is InChI=1S/C26H26F3N3O2/c1-18-6-7-20(16-23(18)19-8-11-22(12-9-19)34-26(27,28)29)25(33)31-21-10-13-24(30-17-21)32-14-4-2-3-5-15-32/h6-13,16-17H,2-5,14-15H2,1H3,(H,31,33). The van der Waals surface area contributed by atoms with Gasteiger partial charge in [-0.05, 0) is 72.9 Å². The Balaban J connectivity index is 1.46. The van der Waals surface area contributed by atoms with Crippen LogP contribution in [-0.4, -0.2) is 30.3 Å². The quantitative estimate of drug-likeness (QED) is 0.458. The molecule has 1 fully saturated rings. The summed E-state index contributed by atoms with van der Waals surface area (Å²) in [7, 11) is 0. The van der Waals surface area contributed by atoms with Gasteiger partial charge in [0.25, 0.3) is 5.91 Å². The number of ether oxygens (including phenoxy) is 1. The average molecular weight is 470 g/mol. The van der Waals surface area contributed by atoms with E-state index in [4.69, 9.17) is 0 Å². The Morgan fingerprint density at radius 3 is 2.29 bits per heavy atom. The van der Waals surface area contributed by atoms with Gasteiger partial charge in [-0.1, -0.05) is 31.0 Å². The largest absolute Gasteiger partial charge is 0.573 e. The number of pyridine rings is 1. The number of aryl methyl sites for hydroxylation is 1. The summed E-state index contributed by atoms with van der Waals surface area (Å²) in [6.45, 7) is 3.87. The minimum Gasteiger partial charge on any atom is -0.406 e. The van der Waals surface area contributed by atoms with Gasteiger partial charge in [0.05, 0.1) is 11.9 Å². The van der Waals surface area contributed by atoms with Crippen molar-refractivity contribution < 1.29 is 22.7 Å². The molecule has 0 saturated carbocycles. The predicted molar refractivity (Wildman–Crippen MR) is 126 cm³/mol. The number of aromatic nitrogens is 1. The number of benzene rings is 2. The highest BCUT2D eigenvalue weighted by Gasteiger charge is 2.31. The molecule has 1 aliphatic rings. The molecule has 0 bridgehead atoms. The normalized spacial score (nSPS) is 14.4. The number of nitrogens with zero attached hydrogens (tertiary/aromatic N) is 2. The van der Waals surface area contributed by atoms with Crippen LogP contribution in [0.5, 0.6) is 5.75 Å². The molecule has 0 aliphatic carbocycles. The van der Waals surface area contributed by atoms with E-state index in [0.717, 1.165) is 42.9 Å². The van der Waals surface area contributed by atoms with Crippen LogP contribution >= 0.6 is 0 Å². The van der Waals surface area contributed by atoms with E-state index >= 15 is 0 Å². The molecule has 1 aromatic heterocycles. The Labute approximate surface area is 196 Å². The Kier molecular flexibility index (Phi) is 7.05. The summed E-state index contributed by atoms with van der Waals surface area (Å²) in [5, 5.41) is 2.87. The van der Waals surface area contributed by atoms with Crippen LogP contribution in [0.25, 0.3) is 11.1 Å². The van der Waals surface area contributed by atoms with Crippen LogP contribution in [0, 0.1) is 6.92 Å². The fraction of sp³-hybridized carbons (Fsp3) is 0.308. The van der Waals surface area contributed by atoms with Crippen LogP contribution in [-0.2, 0) is 0 Å². The molecule has 34 heavy (non-hydrogen) atoms. The van der Waals surface area contributed by atoms with Crippen molar-refractivity contribution in [2.75, 3.05) is 23.3 Å². The molecule has 4 rings (SSSR count). The lowest BCUT2D eigenvalue weighted by atomic mass is 9.97. The summed E-state index contributed by atoms with van der Waals surface area (Å²) < 4.78 is 41.2. The van der Waals surface area contributed by atoms with Gasteiger partial charge in [-0.15, -0.1) is 13.2 Å². The molecule has 1 N–H and O–H groups in total. The second-order valence-electron chi connectivity index (χ2n) is 8.36. The van der Waals surface area contributed by atoms with Gasteiger partial charge >= 0.3 is 6.36 Å². The van der Waals surface area contributed by atoms with E-state index < -0.39 is 6.36 Å². The van der Waals surface area contributed by atoms with Crippen molar-refractivity contribution in [3.8, 4) is 16.9 Å². The zero-order valence-corrected chi connectivity index (χ0v) is 18.9. The number of nitrogens with one attached hydrogen (secondary N) is 1. The first-order valence-corrected chi connectivity index (χ1v) is 11.3. The average Bonchev–Trinajstić information content (AvgIpc) is 3.09. The molecule has 0 unspecified atom stereocenters. The van der Waals surface area contributed by atoms with Crippen molar-refractivity contribution in [3.05, 3.63) is 71.9 Å². The molecule has 0 atom stereocenters. The van der Waals surface area contributed by atoms with Crippen molar-refractivity contribution in [1.82, 2.24) is 4.98 Å². The summed E-state index contributed by atoms with van der Waals surface area (Å²) in [4.78, 5) is 19.7. The maximum Gasteiger partial charge on any atom is 0.573 e. The van der Waals surface area contributed by atoms with Crippen LogP contribution in [0.3, 0.4) is 0 Å². The molecule has 1 saturated heterocycles. The Morgan fingerprint density at radius 1 is 0.971 bits per heavy atom. The van der Waals surface area contributed by atoms with E-state index in [9.17, 15) is 18.0 Å². The number of anilines is 2. The van der Waals surface area contributed by atoms with E-state index in [2.05, 4.69) is 19.9 Å². The zero-order valence-electron chi connectivity index (χ0n) is 18.9. The molecule has 1 aliphatic heterocycles. The van der Waals surface area contributed by atoms with E-state index in [1.165, 1.54) is 37.1 Å². The number of carbonyl (C=O) groups is 1. The number of carbonyl (C=O) groups excluding carboxylic acids is 1. The second-order valence-corrected chi connectivity index (χ2v) is 8.36. The minimum absolute atomic E-state index is 0.289. The number of hydrogen-bond donors (Lipinski definition) is 1. The molecule has 5 nitrogen and oxygen atoms in total. The molecule has 8 heteroatoms. The molecular formula is C26H26F3N3O2. The Morgan fingerprint density at radius 2 is 1.68 bits per heavy atom. The number of amides is 1. The summed E-state index contributed by atoms with van der Waals surface area (Å²) in [6.07, 6.45) is 1.73. The number of hydrogen-bond acceptors (Lipinski definition) is 4. The molecule has 2 heterocycles. The van der Waals surface area contributed by atoms with E-state index in [0.29, 0.717) is 16.8 Å². The molecule has 2 aromatic carbocycles. The van der Waals surface area contributed by atoms with Gasteiger partial charge in [-0.25, -0.2) is 4.98 Å². The number of halogens is 3. The highest BCUT2D eigenvalue weighted by atomic mass is 19.4. The smallest absolute Gasteiger partial charge is 0.406 e. The highest BCUT2D eigenvalue weighted by Crippen LogP contribution is 2.29. The van der Waals surface area contributed by atoms with Crippen molar-refractivity contribution in [1.29, 1.82) is 0 Å². The maximum atomic E-state index is 12.9. The second kappa shape index (κ2) is 10.2. The summed E-state index contributed by atoms with van der Waals surface area (Å²) >= 11 is 0. The molecule has 178 valence electrons. The van der Waals surface area contributed by atoms with Crippen LogP contribution < -0.4 is 15.0 Å². The highest BCUT2D eigenvalue weighted by molar-refractivity contribution is 6.05. The van der Waals surface area contributed by atoms with E-state index in [-0.39, 0.29) is 11.7 Å². The van der Waals surface area contributed by atoms with Crippen LogP contribution in [0.4, 0.5) is 24.7 Å². The number of alkyl halides is 3. The van der Waals surface area contributed by atoms with E-state index in [1.807, 2.05) is 25.1 Å². The molecule has 0 spiro atoms. The number of rotatable bonds is 5. The van der Waals surface area contributed by atoms with Gasteiger partial charge in [-0.3, -0.25) is 4.79 Å². The molecule has 0 radical (unpaired) electrons. The zero-order chi connectivity index (χ0) is 24.1. The first-order chi connectivity index (χ1) is 16.3. The minimum atomic E-state index is -4.74. The third-order valence-electron chi connectivity index (χ3n) is 5.83. The topological polar surface area (TPSA) is 54.5 Å². The summed E-state index contributed by atoms with van der Waals surface area (Å²) in [5.74, 6) is 0.331.